The molecule has 1 N–H and O–H groups in total. The summed E-state index contributed by atoms with van der Waals surface area (Å²) in [6, 6.07) is 11.4. The molecule has 0 aliphatic rings. The van der Waals surface area contributed by atoms with Crippen LogP contribution in [-0.2, 0) is 5.92 Å². The van der Waals surface area contributed by atoms with Crippen LogP contribution in [0.15, 0.2) is 48.5 Å². The number of hydrogen-bond donors (Lipinski definition) is 1. The van der Waals surface area contributed by atoms with Gasteiger partial charge in [0.25, 0.3) is 11.8 Å². The zero-order chi connectivity index (χ0) is 23.6. The van der Waals surface area contributed by atoms with Crippen molar-refractivity contribution in [2.45, 2.75) is 46.1 Å². The molecule has 0 saturated heterocycles. The van der Waals surface area contributed by atoms with Gasteiger partial charge in [-0.05, 0) is 49.2 Å². The minimum atomic E-state index is -3.04. The molecule has 5 nitrogen and oxygen atoms in total. The topological polar surface area (TPSA) is 56.2 Å². The molecule has 0 radical (unpaired) electrons. The van der Waals surface area contributed by atoms with Crippen LogP contribution >= 0.6 is 0 Å². The van der Waals surface area contributed by atoms with Crippen LogP contribution in [0.3, 0.4) is 0 Å². The minimum absolute atomic E-state index is 0.00398. The number of alkyl halides is 4. The first-order valence-corrected chi connectivity index (χ1v) is 9.92. The minimum Gasteiger partial charge on any atom is -0.435 e. The van der Waals surface area contributed by atoms with Crippen LogP contribution in [0.25, 0.3) is 5.69 Å². The highest BCUT2D eigenvalue weighted by molar-refractivity contribution is 6.06. The number of aryl methyl sites for hydroxylation is 1. The number of amides is 1. The van der Waals surface area contributed by atoms with Crippen molar-refractivity contribution in [1.82, 2.24) is 9.78 Å². The predicted molar refractivity (Wildman–Crippen MR) is 113 cm³/mol. The van der Waals surface area contributed by atoms with E-state index in [4.69, 9.17) is 0 Å². The SMILES string of the molecule is Cc1nn(-c2ccc(OC(F)F)cc2)c(C(C)C)c1C(=O)Nc1cccc(C(C)(F)F)c1. The average molecular weight is 449 g/mol. The van der Waals surface area contributed by atoms with Crippen molar-refractivity contribution in [2.24, 2.45) is 0 Å². The Morgan fingerprint density at radius 1 is 1.12 bits per heavy atom. The molecular formula is C23H23F4N3O2. The third-order valence-electron chi connectivity index (χ3n) is 4.80. The summed E-state index contributed by atoms with van der Waals surface area (Å²) in [5.74, 6) is -3.64. The van der Waals surface area contributed by atoms with E-state index in [0.29, 0.717) is 22.6 Å². The summed E-state index contributed by atoms with van der Waals surface area (Å²) < 4.78 is 58.0. The van der Waals surface area contributed by atoms with Gasteiger partial charge in [-0.25, -0.2) is 13.5 Å². The summed E-state index contributed by atoms with van der Waals surface area (Å²) in [4.78, 5) is 13.1. The van der Waals surface area contributed by atoms with Gasteiger partial charge in [-0.2, -0.15) is 13.9 Å². The number of hydrogen-bond acceptors (Lipinski definition) is 3. The lowest BCUT2D eigenvalue weighted by Crippen LogP contribution is -2.17. The van der Waals surface area contributed by atoms with Crippen molar-refractivity contribution in [3.63, 3.8) is 0 Å². The molecule has 1 amide bonds. The van der Waals surface area contributed by atoms with E-state index in [0.717, 1.165) is 6.92 Å². The maximum absolute atomic E-state index is 13.6. The Balaban J connectivity index is 1.96. The van der Waals surface area contributed by atoms with Crippen LogP contribution in [0, 0.1) is 6.92 Å². The van der Waals surface area contributed by atoms with E-state index < -0.39 is 18.4 Å². The summed E-state index contributed by atoms with van der Waals surface area (Å²) in [6.45, 7) is 3.30. The fourth-order valence-corrected chi connectivity index (χ4v) is 3.39. The van der Waals surface area contributed by atoms with Crippen LogP contribution in [0.2, 0.25) is 0 Å². The molecule has 0 aliphatic heterocycles. The van der Waals surface area contributed by atoms with Crippen LogP contribution in [0.4, 0.5) is 23.2 Å². The second kappa shape index (κ2) is 9.02. The number of benzene rings is 2. The van der Waals surface area contributed by atoms with Gasteiger partial charge in [0.1, 0.15) is 5.75 Å². The van der Waals surface area contributed by atoms with Gasteiger partial charge in [0.2, 0.25) is 0 Å². The average Bonchev–Trinajstić information content (AvgIpc) is 3.05. The number of rotatable bonds is 7. The Morgan fingerprint density at radius 3 is 2.34 bits per heavy atom. The Hall–Kier alpha value is -3.36. The maximum Gasteiger partial charge on any atom is 0.387 e. The normalized spacial score (nSPS) is 11.8. The summed E-state index contributed by atoms with van der Waals surface area (Å²) >= 11 is 0. The van der Waals surface area contributed by atoms with Gasteiger partial charge >= 0.3 is 6.61 Å². The zero-order valence-corrected chi connectivity index (χ0v) is 18.0. The largest absolute Gasteiger partial charge is 0.435 e. The van der Waals surface area contributed by atoms with Crippen LogP contribution in [-0.4, -0.2) is 22.3 Å². The Labute approximate surface area is 183 Å². The Kier molecular flexibility index (Phi) is 6.57. The van der Waals surface area contributed by atoms with Crippen molar-refractivity contribution >= 4 is 11.6 Å². The zero-order valence-electron chi connectivity index (χ0n) is 18.0. The molecule has 0 fully saturated rings. The lowest BCUT2D eigenvalue weighted by atomic mass is 10.0. The number of nitrogens with zero attached hydrogens (tertiary/aromatic N) is 2. The van der Waals surface area contributed by atoms with Crippen molar-refractivity contribution in [3.8, 4) is 11.4 Å². The molecular weight excluding hydrogens is 426 g/mol. The highest BCUT2D eigenvalue weighted by Gasteiger charge is 2.27. The summed E-state index contributed by atoms with van der Waals surface area (Å²) in [7, 11) is 0. The molecule has 32 heavy (non-hydrogen) atoms. The highest BCUT2D eigenvalue weighted by Crippen LogP contribution is 2.30. The number of aromatic nitrogens is 2. The van der Waals surface area contributed by atoms with Gasteiger partial charge < -0.3 is 10.1 Å². The third-order valence-corrected chi connectivity index (χ3v) is 4.80. The molecule has 9 heteroatoms. The molecule has 170 valence electrons. The summed E-state index contributed by atoms with van der Waals surface area (Å²) in [6.07, 6.45) is 0. The Bertz CT molecular complexity index is 1100. The lowest BCUT2D eigenvalue weighted by molar-refractivity contribution is -0.0498. The van der Waals surface area contributed by atoms with Crippen LogP contribution in [0.5, 0.6) is 5.75 Å². The molecule has 2 aromatic carbocycles. The van der Waals surface area contributed by atoms with Crippen molar-refractivity contribution in [3.05, 3.63) is 71.0 Å². The second-order valence-corrected chi connectivity index (χ2v) is 7.71. The fraction of sp³-hybridized carbons (Fsp3) is 0.304. The number of carbonyl (C=O) groups excluding carboxylic acids is 1. The van der Waals surface area contributed by atoms with Gasteiger partial charge in [-0.15, -0.1) is 0 Å². The molecule has 3 aromatic rings. The maximum atomic E-state index is 13.6. The van der Waals surface area contributed by atoms with Crippen molar-refractivity contribution in [2.75, 3.05) is 5.32 Å². The number of nitrogens with one attached hydrogen (secondary N) is 1. The van der Waals surface area contributed by atoms with Crippen LogP contribution < -0.4 is 10.1 Å². The van der Waals surface area contributed by atoms with Gasteiger partial charge in [0, 0.05) is 18.2 Å². The fourth-order valence-electron chi connectivity index (χ4n) is 3.39. The summed E-state index contributed by atoms with van der Waals surface area (Å²) in [5.41, 5.74) is 1.95. The quantitative estimate of drug-likeness (QED) is 0.433. The second-order valence-electron chi connectivity index (χ2n) is 7.71. The molecule has 0 spiro atoms. The van der Waals surface area contributed by atoms with Crippen molar-refractivity contribution in [1.29, 1.82) is 0 Å². The van der Waals surface area contributed by atoms with E-state index in [9.17, 15) is 22.4 Å². The standard InChI is InChI=1S/C23H23F4N3O2/c1-13(2)20-19(21(31)28-16-7-5-6-15(12-16)23(4,26)27)14(3)29-30(20)17-8-10-18(11-9-17)32-22(24)25/h5-13,22H,1-4H3,(H,28,31). The number of carbonyl (C=O) groups is 1. The Morgan fingerprint density at radius 2 is 1.78 bits per heavy atom. The van der Waals surface area contributed by atoms with E-state index in [-0.39, 0.29) is 22.9 Å². The first kappa shape index (κ1) is 23.3. The molecule has 0 saturated carbocycles. The van der Waals surface area contributed by atoms with Gasteiger partial charge in [-0.3, -0.25) is 4.79 Å². The molecule has 3 rings (SSSR count). The van der Waals surface area contributed by atoms with Gasteiger partial charge in [0.15, 0.2) is 0 Å². The monoisotopic (exact) mass is 449 g/mol. The smallest absolute Gasteiger partial charge is 0.387 e. The molecule has 1 aromatic heterocycles. The predicted octanol–water partition coefficient (Wildman–Crippen LogP) is 6.27. The van der Waals surface area contributed by atoms with Gasteiger partial charge in [-0.1, -0.05) is 26.0 Å². The first-order chi connectivity index (χ1) is 15.0. The number of ether oxygens (including phenoxy) is 1. The van der Waals surface area contributed by atoms with Crippen LogP contribution in [0.1, 0.15) is 54.0 Å². The first-order valence-electron chi connectivity index (χ1n) is 9.92. The molecule has 0 bridgehead atoms. The lowest BCUT2D eigenvalue weighted by Gasteiger charge is -2.15. The molecule has 0 unspecified atom stereocenters. The van der Waals surface area contributed by atoms with E-state index >= 15 is 0 Å². The van der Waals surface area contributed by atoms with Gasteiger partial charge in [0.05, 0.1) is 22.6 Å². The van der Waals surface area contributed by atoms with Crippen molar-refractivity contribution < 1.29 is 27.1 Å². The molecule has 0 atom stereocenters. The van der Waals surface area contributed by atoms with E-state index in [2.05, 4.69) is 15.2 Å². The van der Waals surface area contributed by atoms with E-state index in [1.165, 1.54) is 36.4 Å². The number of halogens is 4. The summed E-state index contributed by atoms with van der Waals surface area (Å²) in [5, 5.41) is 7.13. The number of anilines is 1. The van der Waals surface area contributed by atoms with E-state index in [1.54, 1.807) is 23.7 Å². The molecule has 1 heterocycles. The van der Waals surface area contributed by atoms with E-state index in [1.807, 2.05) is 13.8 Å². The third kappa shape index (κ3) is 5.09. The highest BCUT2D eigenvalue weighted by atomic mass is 19.3. The molecule has 0 aliphatic carbocycles.